The first kappa shape index (κ1) is 14.6. The van der Waals surface area contributed by atoms with Crippen molar-refractivity contribution in [2.24, 2.45) is 0 Å². The van der Waals surface area contributed by atoms with E-state index in [2.05, 4.69) is 66.8 Å². The van der Waals surface area contributed by atoms with Crippen molar-refractivity contribution in [2.75, 3.05) is 14.1 Å². The molecule has 2 nitrogen and oxygen atoms in total. The zero-order valence-electron chi connectivity index (χ0n) is 13.2. The summed E-state index contributed by atoms with van der Waals surface area (Å²) < 4.78 is 0. The van der Waals surface area contributed by atoms with Gasteiger partial charge in [0.05, 0.1) is 0 Å². The number of benzene rings is 2. The van der Waals surface area contributed by atoms with Gasteiger partial charge in [0.15, 0.2) is 0 Å². The van der Waals surface area contributed by atoms with Crippen LogP contribution < -0.4 is 5.32 Å². The van der Waals surface area contributed by atoms with Crippen molar-refractivity contribution in [1.82, 2.24) is 10.2 Å². The van der Waals surface area contributed by atoms with E-state index in [4.69, 9.17) is 0 Å². The number of rotatable bonds is 4. The molecule has 0 saturated heterocycles. The van der Waals surface area contributed by atoms with Gasteiger partial charge in [-0.25, -0.2) is 0 Å². The van der Waals surface area contributed by atoms with Gasteiger partial charge in [0, 0.05) is 18.6 Å². The highest BCUT2D eigenvalue weighted by molar-refractivity contribution is 5.85. The van der Waals surface area contributed by atoms with Crippen LogP contribution >= 0.6 is 0 Å². The van der Waals surface area contributed by atoms with Gasteiger partial charge >= 0.3 is 0 Å². The molecule has 21 heavy (non-hydrogen) atoms. The Balaban J connectivity index is 1.70. The van der Waals surface area contributed by atoms with E-state index in [1.807, 2.05) is 0 Å². The van der Waals surface area contributed by atoms with Crippen LogP contribution in [0.15, 0.2) is 42.5 Å². The molecule has 2 aromatic carbocycles. The molecule has 1 N–H and O–H groups in total. The van der Waals surface area contributed by atoms with Crippen molar-refractivity contribution in [3.8, 4) is 0 Å². The molecule has 0 aliphatic heterocycles. The first-order chi connectivity index (χ1) is 10.3. The van der Waals surface area contributed by atoms with E-state index in [1.165, 1.54) is 42.0 Å². The van der Waals surface area contributed by atoms with Gasteiger partial charge in [0.1, 0.15) is 0 Å². The Morgan fingerprint density at radius 3 is 2.48 bits per heavy atom. The zero-order valence-corrected chi connectivity index (χ0v) is 13.2. The minimum Gasteiger partial charge on any atom is -0.317 e. The third-order valence-corrected chi connectivity index (χ3v) is 5.03. The zero-order chi connectivity index (χ0) is 14.7. The van der Waals surface area contributed by atoms with E-state index < -0.39 is 0 Å². The van der Waals surface area contributed by atoms with Gasteiger partial charge < -0.3 is 5.32 Å². The highest BCUT2D eigenvalue weighted by Crippen LogP contribution is 2.25. The standard InChI is InChI=1S/C19H26N2/c1-20-17-10-12-18(13-11-17)21(2)14-16-8-5-7-15-6-3-4-9-19(15)16/h3-9,17-18,20H,10-14H2,1-2H3. The number of hydrogen-bond acceptors (Lipinski definition) is 2. The molecule has 1 aliphatic rings. The number of nitrogens with zero attached hydrogens (tertiary/aromatic N) is 1. The molecular formula is C19H26N2. The molecule has 0 radical (unpaired) electrons. The van der Waals surface area contributed by atoms with Crippen molar-refractivity contribution >= 4 is 10.8 Å². The molecule has 2 aromatic rings. The van der Waals surface area contributed by atoms with E-state index in [1.54, 1.807) is 0 Å². The predicted molar refractivity (Wildman–Crippen MR) is 90.5 cm³/mol. The second-order valence-corrected chi connectivity index (χ2v) is 6.35. The van der Waals surface area contributed by atoms with Gasteiger partial charge in [0.25, 0.3) is 0 Å². The molecule has 0 atom stereocenters. The second kappa shape index (κ2) is 6.59. The molecule has 0 bridgehead atoms. The van der Waals surface area contributed by atoms with Crippen molar-refractivity contribution in [3.63, 3.8) is 0 Å². The summed E-state index contributed by atoms with van der Waals surface area (Å²) in [6.07, 6.45) is 5.24. The Kier molecular flexibility index (Phi) is 4.57. The minimum atomic E-state index is 0.729. The lowest BCUT2D eigenvalue weighted by Crippen LogP contribution is -2.39. The fourth-order valence-electron chi connectivity index (χ4n) is 3.63. The first-order valence-electron chi connectivity index (χ1n) is 8.12. The van der Waals surface area contributed by atoms with Gasteiger partial charge in [-0.3, -0.25) is 4.90 Å². The largest absolute Gasteiger partial charge is 0.317 e. The lowest BCUT2D eigenvalue weighted by Gasteiger charge is -2.34. The summed E-state index contributed by atoms with van der Waals surface area (Å²) in [4.78, 5) is 2.55. The van der Waals surface area contributed by atoms with Crippen molar-refractivity contribution < 1.29 is 0 Å². The van der Waals surface area contributed by atoms with E-state index in [9.17, 15) is 0 Å². The first-order valence-corrected chi connectivity index (χ1v) is 8.12. The van der Waals surface area contributed by atoms with Crippen LogP contribution in [0.4, 0.5) is 0 Å². The average Bonchev–Trinajstić information content (AvgIpc) is 2.55. The van der Waals surface area contributed by atoms with Gasteiger partial charge in [-0.15, -0.1) is 0 Å². The molecule has 112 valence electrons. The lowest BCUT2D eigenvalue weighted by molar-refractivity contribution is 0.170. The van der Waals surface area contributed by atoms with Gasteiger partial charge in [-0.05, 0) is 56.1 Å². The predicted octanol–water partition coefficient (Wildman–Crippen LogP) is 3.80. The quantitative estimate of drug-likeness (QED) is 0.917. The van der Waals surface area contributed by atoms with Crippen molar-refractivity contribution in [1.29, 1.82) is 0 Å². The third kappa shape index (κ3) is 3.28. The molecule has 1 aliphatic carbocycles. The van der Waals surface area contributed by atoms with E-state index in [-0.39, 0.29) is 0 Å². The van der Waals surface area contributed by atoms with E-state index in [0.29, 0.717) is 0 Å². The molecule has 2 heteroatoms. The van der Waals surface area contributed by atoms with Crippen LogP contribution in [0, 0.1) is 0 Å². The summed E-state index contributed by atoms with van der Waals surface area (Å²) in [6, 6.07) is 16.8. The van der Waals surface area contributed by atoms with Crippen LogP contribution in [0.25, 0.3) is 10.8 Å². The third-order valence-electron chi connectivity index (χ3n) is 5.03. The van der Waals surface area contributed by atoms with Crippen molar-refractivity contribution in [3.05, 3.63) is 48.0 Å². The van der Waals surface area contributed by atoms with Crippen molar-refractivity contribution in [2.45, 2.75) is 44.3 Å². The Bertz CT molecular complexity index is 580. The Labute approximate surface area is 128 Å². The minimum absolute atomic E-state index is 0.729. The van der Waals surface area contributed by atoms with Crippen LogP contribution in [0.3, 0.4) is 0 Å². The molecule has 1 saturated carbocycles. The summed E-state index contributed by atoms with van der Waals surface area (Å²) in [5, 5.41) is 6.17. The molecule has 0 unspecified atom stereocenters. The monoisotopic (exact) mass is 282 g/mol. The summed E-state index contributed by atoms with van der Waals surface area (Å²) >= 11 is 0. The van der Waals surface area contributed by atoms with Crippen LogP contribution in [0.5, 0.6) is 0 Å². The Morgan fingerprint density at radius 1 is 1.00 bits per heavy atom. The maximum Gasteiger partial charge on any atom is 0.0239 e. The van der Waals surface area contributed by atoms with Crippen LogP contribution in [-0.2, 0) is 6.54 Å². The number of nitrogens with one attached hydrogen (secondary N) is 1. The maximum atomic E-state index is 3.42. The smallest absolute Gasteiger partial charge is 0.0239 e. The normalized spacial score (nSPS) is 22.8. The number of fused-ring (bicyclic) bond motifs is 1. The van der Waals surface area contributed by atoms with Crippen LogP contribution in [0.2, 0.25) is 0 Å². The molecule has 0 aromatic heterocycles. The lowest BCUT2D eigenvalue weighted by atomic mass is 9.90. The van der Waals surface area contributed by atoms with Gasteiger partial charge in [0.2, 0.25) is 0 Å². The second-order valence-electron chi connectivity index (χ2n) is 6.35. The molecule has 1 fully saturated rings. The highest BCUT2D eigenvalue weighted by atomic mass is 15.1. The number of hydrogen-bond donors (Lipinski definition) is 1. The average molecular weight is 282 g/mol. The molecule has 0 heterocycles. The Morgan fingerprint density at radius 2 is 1.71 bits per heavy atom. The topological polar surface area (TPSA) is 15.3 Å². The van der Waals surface area contributed by atoms with E-state index >= 15 is 0 Å². The summed E-state index contributed by atoms with van der Waals surface area (Å²) in [6.45, 7) is 1.05. The summed E-state index contributed by atoms with van der Waals surface area (Å²) in [5.41, 5.74) is 1.45. The fourth-order valence-corrected chi connectivity index (χ4v) is 3.63. The molecule has 0 spiro atoms. The summed E-state index contributed by atoms with van der Waals surface area (Å²) in [5.74, 6) is 0. The van der Waals surface area contributed by atoms with Gasteiger partial charge in [-0.2, -0.15) is 0 Å². The maximum absolute atomic E-state index is 3.42. The SMILES string of the molecule is CNC1CCC(N(C)Cc2cccc3ccccc23)CC1. The Hall–Kier alpha value is -1.38. The molecule has 3 rings (SSSR count). The molecule has 0 amide bonds. The van der Waals surface area contributed by atoms with Gasteiger partial charge in [-0.1, -0.05) is 42.5 Å². The molecular weight excluding hydrogens is 256 g/mol. The fraction of sp³-hybridized carbons (Fsp3) is 0.474. The van der Waals surface area contributed by atoms with Crippen LogP contribution in [0.1, 0.15) is 31.2 Å². The van der Waals surface area contributed by atoms with E-state index in [0.717, 1.165) is 18.6 Å². The highest BCUT2D eigenvalue weighted by Gasteiger charge is 2.23. The van der Waals surface area contributed by atoms with Crippen LogP contribution in [-0.4, -0.2) is 31.1 Å². The summed E-state index contributed by atoms with van der Waals surface area (Å²) in [7, 11) is 4.37.